The Hall–Kier alpha value is -3.73. The molecule has 0 aliphatic rings. The fraction of sp³-hybridized carbons (Fsp3) is 0.0455. The van der Waals surface area contributed by atoms with E-state index >= 15 is 0 Å². The number of aromatic nitrogens is 4. The van der Waals surface area contributed by atoms with Crippen molar-refractivity contribution in [1.82, 2.24) is 19.7 Å². The minimum absolute atomic E-state index is 0.737. The van der Waals surface area contributed by atoms with E-state index in [-0.39, 0.29) is 0 Å². The third-order valence-corrected chi connectivity index (χ3v) is 4.72. The van der Waals surface area contributed by atoms with E-state index in [4.69, 9.17) is 0 Å². The summed E-state index contributed by atoms with van der Waals surface area (Å²) >= 11 is 0. The minimum Gasteiger partial charge on any atom is -0.338 e. The zero-order chi connectivity index (χ0) is 18.2. The molecule has 27 heavy (non-hydrogen) atoms. The molecular formula is C22H17N5. The molecule has 0 fully saturated rings. The lowest BCUT2D eigenvalue weighted by Gasteiger charge is -2.11. The number of nitrogens with one attached hydrogen (secondary N) is 1. The van der Waals surface area contributed by atoms with Crippen molar-refractivity contribution in [3.05, 3.63) is 79.1 Å². The lowest BCUT2D eigenvalue weighted by Crippen LogP contribution is -1.99. The molecule has 0 bridgehead atoms. The van der Waals surface area contributed by atoms with Gasteiger partial charge in [0.05, 0.1) is 17.4 Å². The topological polar surface area (TPSA) is 55.6 Å². The van der Waals surface area contributed by atoms with Gasteiger partial charge in [-0.05, 0) is 18.2 Å². The van der Waals surface area contributed by atoms with Crippen LogP contribution in [0.5, 0.6) is 0 Å². The number of hydrogen-bond donors (Lipinski definition) is 1. The molecule has 0 saturated heterocycles. The van der Waals surface area contributed by atoms with Crippen molar-refractivity contribution in [1.29, 1.82) is 0 Å². The van der Waals surface area contributed by atoms with Crippen LogP contribution in [0.4, 0.5) is 11.5 Å². The maximum absolute atomic E-state index is 4.51. The van der Waals surface area contributed by atoms with Crippen LogP contribution in [0, 0.1) is 0 Å². The number of fused-ring (bicyclic) bond motifs is 2. The molecule has 5 nitrogen and oxygen atoms in total. The first-order chi connectivity index (χ1) is 13.3. The molecule has 2 heterocycles. The van der Waals surface area contributed by atoms with Crippen molar-refractivity contribution < 1.29 is 0 Å². The van der Waals surface area contributed by atoms with Crippen LogP contribution in [0.1, 0.15) is 0 Å². The molecular weight excluding hydrogens is 334 g/mol. The number of benzene rings is 3. The maximum atomic E-state index is 4.51. The van der Waals surface area contributed by atoms with Crippen LogP contribution in [-0.2, 0) is 7.05 Å². The van der Waals surface area contributed by atoms with Crippen LogP contribution in [0.15, 0.2) is 79.1 Å². The van der Waals surface area contributed by atoms with Crippen LogP contribution in [0.2, 0.25) is 0 Å². The van der Waals surface area contributed by atoms with Crippen molar-refractivity contribution in [2.24, 2.45) is 7.05 Å². The molecule has 5 aromatic rings. The van der Waals surface area contributed by atoms with Crippen LogP contribution in [0.3, 0.4) is 0 Å². The normalized spacial score (nSPS) is 11.1. The van der Waals surface area contributed by atoms with Crippen molar-refractivity contribution in [3.8, 4) is 11.3 Å². The largest absolute Gasteiger partial charge is 0.338 e. The average Bonchev–Trinajstić information content (AvgIpc) is 3.09. The molecule has 0 unspecified atom stereocenters. The van der Waals surface area contributed by atoms with Gasteiger partial charge in [-0.25, -0.2) is 4.98 Å². The molecule has 0 aliphatic carbocycles. The van der Waals surface area contributed by atoms with E-state index in [1.807, 2.05) is 60.4 Å². The molecule has 3 aromatic carbocycles. The quantitative estimate of drug-likeness (QED) is 0.501. The predicted molar refractivity (Wildman–Crippen MR) is 109 cm³/mol. The summed E-state index contributed by atoms with van der Waals surface area (Å²) in [6.07, 6.45) is 1.82. The molecule has 0 spiro atoms. The first-order valence-corrected chi connectivity index (χ1v) is 8.78. The number of nitrogens with zero attached hydrogens (tertiary/aromatic N) is 4. The molecule has 5 heteroatoms. The smallest absolute Gasteiger partial charge is 0.161 e. The van der Waals surface area contributed by atoms with E-state index in [1.54, 1.807) is 0 Å². The van der Waals surface area contributed by atoms with Gasteiger partial charge in [-0.1, -0.05) is 54.6 Å². The monoisotopic (exact) mass is 351 g/mol. The molecule has 5 rings (SSSR count). The van der Waals surface area contributed by atoms with E-state index < -0.39 is 0 Å². The lowest BCUT2D eigenvalue weighted by atomic mass is 10.0. The Kier molecular flexibility index (Phi) is 3.57. The number of imidazole rings is 1. The van der Waals surface area contributed by atoms with E-state index in [1.165, 1.54) is 0 Å². The fourth-order valence-electron chi connectivity index (χ4n) is 3.36. The van der Waals surface area contributed by atoms with Gasteiger partial charge in [-0.15, -0.1) is 10.2 Å². The van der Waals surface area contributed by atoms with Gasteiger partial charge in [0, 0.05) is 29.1 Å². The Bertz CT molecular complexity index is 1260. The number of hydrogen-bond acceptors (Lipinski definition) is 4. The summed E-state index contributed by atoms with van der Waals surface area (Å²) in [4.78, 5) is 4.42. The summed E-state index contributed by atoms with van der Waals surface area (Å²) in [6.45, 7) is 0. The van der Waals surface area contributed by atoms with Gasteiger partial charge in [0.15, 0.2) is 5.82 Å². The van der Waals surface area contributed by atoms with Gasteiger partial charge in [-0.3, -0.25) is 0 Å². The van der Waals surface area contributed by atoms with E-state index in [9.17, 15) is 0 Å². The van der Waals surface area contributed by atoms with Gasteiger partial charge in [0.1, 0.15) is 5.69 Å². The van der Waals surface area contributed by atoms with Crippen molar-refractivity contribution >= 4 is 33.3 Å². The second-order valence-corrected chi connectivity index (χ2v) is 6.49. The first-order valence-electron chi connectivity index (χ1n) is 8.78. The van der Waals surface area contributed by atoms with Crippen LogP contribution in [0.25, 0.3) is 33.1 Å². The summed E-state index contributed by atoms with van der Waals surface area (Å²) < 4.78 is 2.00. The highest BCUT2D eigenvalue weighted by atomic mass is 15.2. The third kappa shape index (κ3) is 2.69. The highest BCUT2D eigenvalue weighted by Crippen LogP contribution is 2.31. The van der Waals surface area contributed by atoms with Crippen LogP contribution in [-0.4, -0.2) is 19.7 Å². The van der Waals surface area contributed by atoms with Gasteiger partial charge < -0.3 is 9.88 Å². The maximum Gasteiger partial charge on any atom is 0.161 e. The molecule has 2 aromatic heterocycles. The Morgan fingerprint density at radius 1 is 0.815 bits per heavy atom. The Balaban J connectivity index is 1.61. The second-order valence-electron chi connectivity index (χ2n) is 6.49. The molecule has 0 radical (unpaired) electrons. The lowest BCUT2D eigenvalue weighted by molar-refractivity contribution is 0.948. The van der Waals surface area contributed by atoms with E-state index in [2.05, 4.69) is 50.8 Å². The van der Waals surface area contributed by atoms with Crippen molar-refractivity contribution in [2.45, 2.75) is 0 Å². The summed E-state index contributed by atoms with van der Waals surface area (Å²) in [5.41, 5.74) is 4.92. The van der Waals surface area contributed by atoms with Crippen LogP contribution < -0.4 is 5.32 Å². The summed E-state index contributed by atoms with van der Waals surface area (Å²) in [5.74, 6) is 0.737. The number of aryl methyl sites for hydroxylation is 1. The standard InChI is InChI=1S/C22H17N5/c1-27-14-23-19-13-16(11-12-20(19)27)24-22-18-10-6-5-9-17(18)21(25-26-22)15-7-3-2-4-8-15/h2-14H,1H3,(H,24,26). The SMILES string of the molecule is Cn1cnc2cc(Nc3nnc(-c4ccccc4)c4ccccc34)ccc21. The zero-order valence-corrected chi connectivity index (χ0v) is 14.8. The first kappa shape index (κ1) is 15.5. The Morgan fingerprint density at radius 3 is 2.44 bits per heavy atom. The number of anilines is 2. The molecule has 130 valence electrons. The molecule has 0 aliphatic heterocycles. The van der Waals surface area contributed by atoms with E-state index in [0.29, 0.717) is 0 Å². The highest BCUT2D eigenvalue weighted by molar-refractivity contribution is 6.01. The van der Waals surface area contributed by atoms with Crippen LogP contribution >= 0.6 is 0 Å². The van der Waals surface area contributed by atoms with E-state index in [0.717, 1.165) is 44.6 Å². The predicted octanol–water partition coefficient (Wildman–Crippen LogP) is 4.93. The summed E-state index contributed by atoms with van der Waals surface area (Å²) in [7, 11) is 1.99. The van der Waals surface area contributed by atoms with Gasteiger partial charge >= 0.3 is 0 Å². The Labute approximate surface area is 156 Å². The number of rotatable bonds is 3. The fourth-order valence-corrected chi connectivity index (χ4v) is 3.36. The average molecular weight is 351 g/mol. The minimum atomic E-state index is 0.737. The van der Waals surface area contributed by atoms with Crippen molar-refractivity contribution in [2.75, 3.05) is 5.32 Å². The van der Waals surface area contributed by atoms with Gasteiger partial charge in [-0.2, -0.15) is 0 Å². The summed E-state index contributed by atoms with van der Waals surface area (Å²) in [5, 5.41) is 14.5. The summed E-state index contributed by atoms with van der Waals surface area (Å²) in [6, 6.07) is 24.4. The van der Waals surface area contributed by atoms with Gasteiger partial charge in [0.2, 0.25) is 0 Å². The molecule has 0 saturated carbocycles. The zero-order valence-electron chi connectivity index (χ0n) is 14.8. The molecule has 1 N–H and O–H groups in total. The Morgan fingerprint density at radius 2 is 1.59 bits per heavy atom. The molecule has 0 amide bonds. The van der Waals surface area contributed by atoms with Crippen molar-refractivity contribution in [3.63, 3.8) is 0 Å². The third-order valence-electron chi connectivity index (χ3n) is 4.72. The van der Waals surface area contributed by atoms with Gasteiger partial charge in [0.25, 0.3) is 0 Å². The molecule has 0 atom stereocenters. The second kappa shape index (κ2) is 6.21. The highest BCUT2D eigenvalue weighted by Gasteiger charge is 2.11.